The maximum atomic E-state index is 5.25. The summed E-state index contributed by atoms with van der Waals surface area (Å²) in [7, 11) is -0.503. The molecule has 0 bridgehead atoms. The molecule has 0 saturated heterocycles. The van der Waals surface area contributed by atoms with Gasteiger partial charge in [-0.05, 0) is 24.6 Å². The van der Waals surface area contributed by atoms with E-state index in [0.717, 1.165) is 0 Å². The van der Waals surface area contributed by atoms with Gasteiger partial charge < -0.3 is 4.42 Å². The highest BCUT2D eigenvalue weighted by Crippen LogP contribution is 2.32. The van der Waals surface area contributed by atoms with E-state index < -0.39 is 7.92 Å². The Labute approximate surface area is 108 Å². The van der Waals surface area contributed by atoms with E-state index in [9.17, 15) is 0 Å². The van der Waals surface area contributed by atoms with Gasteiger partial charge in [0.25, 0.3) is 0 Å². The fourth-order valence-corrected chi connectivity index (χ4v) is 4.20. The molecule has 0 aliphatic rings. The van der Waals surface area contributed by atoms with Crippen LogP contribution in [0.4, 0.5) is 0 Å². The minimum absolute atomic E-state index is 0.503. The first kappa shape index (κ1) is 11.3. The average molecular weight is 252 g/mol. The van der Waals surface area contributed by atoms with Crippen molar-refractivity contribution in [1.29, 1.82) is 0 Å². The molecular weight excluding hydrogens is 239 g/mol. The van der Waals surface area contributed by atoms with E-state index in [-0.39, 0.29) is 0 Å². The van der Waals surface area contributed by atoms with Gasteiger partial charge in [-0.3, -0.25) is 0 Å². The van der Waals surface area contributed by atoms with Crippen molar-refractivity contribution in [3.63, 3.8) is 0 Å². The first-order chi connectivity index (χ1) is 8.95. The summed E-state index contributed by atoms with van der Waals surface area (Å²) in [4.78, 5) is 0. The van der Waals surface area contributed by atoms with E-state index in [2.05, 4.69) is 66.7 Å². The van der Waals surface area contributed by atoms with Crippen molar-refractivity contribution in [2.24, 2.45) is 0 Å². The van der Waals surface area contributed by atoms with Gasteiger partial charge >= 0.3 is 0 Å². The molecule has 0 aliphatic heterocycles. The van der Waals surface area contributed by atoms with Gasteiger partial charge in [0.05, 0.1) is 12.5 Å². The van der Waals surface area contributed by atoms with E-state index in [1.54, 1.807) is 6.26 Å². The minimum Gasteiger partial charge on any atom is -0.472 e. The number of hydrogen-bond acceptors (Lipinski definition) is 1. The van der Waals surface area contributed by atoms with Gasteiger partial charge in [0, 0.05) is 5.30 Å². The van der Waals surface area contributed by atoms with Gasteiger partial charge in [-0.25, -0.2) is 0 Å². The van der Waals surface area contributed by atoms with Crippen LogP contribution in [0.3, 0.4) is 0 Å². The number of furan rings is 1. The smallest absolute Gasteiger partial charge is 0.0985 e. The SMILES string of the molecule is c1ccc(P(c2ccccc2)c2ccoc2)cc1. The lowest BCUT2D eigenvalue weighted by molar-refractivity contribution is 0.569. The molecule has 0 N–H and O–H groups in total. The molecule has 18 heavy (non-hydrogen) atoms. The summed E-state index contributed by atoms with van der Waals surface area (Å²) < 4.78 is 5.25. The molecule has 0 fully saturated rings. The first-order valence-corrected chi connectivity index (χ1v) is 7.22. The Morgan fingerprint density at radius 2 is 1.17 bits per heavy atom. The summed E-state index contributed by atoms with van der Waals surface area (Å²) >= 11 is 0. The Morgan fingerprint density at radius 1 is 0.611 bits per heavy atom. The van der Waals surface area contributed by atoms with E-state index in [0.29, 0.717) is 0 Å². The van der Waals surface area contributed by atoms with Crippen LogP contribution in [0.15, 0.2) is 83.7 Å². The lowest BCUT2D eigenvalue weighted by Crippen LogP contribution is -2.19. The molecule has 0 unspecified atom stereocenters. The van der Waals surface area contributed by atoms with E-state index in [1.165, 1.54) is 15.9 Å². The zero-order chi connectivity index (χ0) is 12.2. The molecular formula is C16H13OP. The van der Waals surface area contributed by atoms with Crippen LogP contribution in [-0.2, 0) is 0 Å². The van der Waals surface area contributed by atoms with Crippen molar-refractivity contribution in [2.45, 2.75) is 0 Å². The van der Waals surface area contributed by atoms with Gasteiger partial charge in [-0.1, -0.05) is 60.7 Å². The van der Waals surface area contributed by atoms with Crippen LogP contribution in [0, 0.1) is 0 Å². The lowest BCUT2D eigenvalue weighted by atomic mass is 10.4. The van der Waals surface area contributed by atoms with Crippen molar-refractivity contribution in [1.82, 2.24) is 0 Å². The summed E-state index contributed by atoms with van der Waals surface area (Å²) in [6, 6.07) is 23.3. The zero-order valence-corrected chi connectivity index (χ0v) is 10.8. The van der Waals surface area contributed by atoms with Crippen LogP contribution in [0.25, 0.3) is 0 Å². The number of hydrogen-bond donors (Lipinski definition) is 0. The Kier molecular flexibility index (Phi) is 3.25. The second kappa shape index (κ2) is 5.20. The molecule has 2 heteroatoms. The highest BCUT2D eigenvalue weighted by molar-refractivity contribution is 7.79. The van der Waals surface area contributed by atoms with Gasteiger partial charge in [0.2, 0.25) is 0 Å². The third kappa shape index (κ3) is 2.23. The Hall–Kier alpha value is -1.85. The Bertz CT molecular complexity index is 548. The fourth-order valence-electron chi connectivity index (χ4n) is 1.99. The minimum atomic E-state index is -0.503. The van der Waals surface area contributed by atoms with Crippen molar-refractivity contribution >= 4 is 23.8 Å². The molecule has 2 aromatic carbocycles. The second-order valence-electron chi connectivity index (χ2n) is 3.99. The molecule has 0 aliphatic carbocycles. The summed E-state index contributed by atoms with van der Waals surface area (Å²) in [5.41, 5.74) is 0. The Morgan fingerprint density at radius 3 is 1.61 bits per heavy atom. The van der Waals surface area contributed by atoms with Gasteiger partial charge in [0.15, 0.2) is 0 Å². The van der Waals surface area contributed by atoms with Gasteiger partial charge in [0.1, 0.15) is 0 Å². The predicted octanol–water partition coefficient (Wildman–Crippen LogP) is 3.04. The highest BCUT2D eigenvalue weighted by Gasteiger charge is 2.16. The molecule has 0 radical (unpaired) electrons. The first-order valence-electron chi connectivity index (χ1n) is 5.87. The zero-order valence-electron chi connectivity index (χ0n) is 9.86. The molecule has 3 aromatic rings. The molecule has 1 aromatic heterocycles. The molecule has 0 atom stereocenters. The Balaban J connectivity index is 2.11. The molecule has 3 rings (SSSR count). The maximum Gasteiger partial charge on any atom is 0.0985 e. The van der Waals surface area contributed by atoms with Crippen LogP contribution < -0.4 is 15.9 Å². The van der Waals surface area contributed by atoms with E-state index in [1.807, 2.05) is 6.26 Å². The van der Waals surface area contributed by atoms with E-state index >= 15 is 0 Å². The van der Waals surface area contributed by atoms with Crippen molar-refractivity contribution in [2.75, 3.05) is 0 Å². The third-order valence-electron chi connectivity index (χ3n) is 2.79. The van der Waals surface area contributed by atoms with Gasteiger partial charge in [-0.2, -0.15) is 0 Å². The average Bonchev–Trinajstić information content (AvgIpc) is 2.95. The van der Waals surface area contributed by atoms with Crippen LogP contribution in [0.5, 0.6) is 0 Å². The summed E-state index contributed by atoms with van der Waals surface area (Å²) in [6.45, 7) is 0. The van der Waals surface area contributed by atoms with E-state index in [4.69, 9.17) is 4.42 Å². The predicted molar refractivity (Wildman–Crippen MR) is 77.4 cm³/mol. The van der Waals surface area contributed by atoms with Crippen molar-refractivity contribution in [3.8, 4) is 0 Å². The number of benzene rings is 2. The third-order valence-corrected chi connectivity index (χ3v) is 5.19. The summed E-state index contributed by atoms with van der Waals surface area (Å²) in [6.07, 6.45) is 3.60. The molecule has 0 spiro atoms. The van der Waals surface area contributed by atoms with Gasteiger partial charge in [-0.15, -0.1) is 0 Å². The summed E-state index contributed by atoms with van der Waals surface area (Å²) in [5, 5.41) is 3.95. The fraction of sp³-hybridized carbons (Fsp3) is 0. The maximum absolute atomic E-state index is 5.25. The summed E-state index contributed by atoms with van der Waals surface area (Å²) in [5.74, 6) is 0. The van der Waals surface area contributed by atoms with Crippen molar-refractivity contribution in [3.05, 3.63) is 79.3 Å². The molecule has 0 amide bonds. The monoisotopic (exact) mass is 252 g/mol. The highest BCUT2D eigenvalue weighted by atomic mass is 31.1. The number of rotatable bonds is 3. The quantitative estimate of drug-likeness (QED) is 0.653. The molecule has 88 valence electrons. The normalized spacial score (nSPS) is 10.7. The van der Waals surface area contributed by atoms with Crippen LogP contribution >= 0.6 is 7.92 Å². The second-order valence-corrected chi connectivity index (χ2v) is 6.21. The molecule has 0 saturated carbocycles. The lowest BCUT2D eigenvalue weighted by Gasteiger charge is -2.16. The topological polar surface area (TPSA) is 13.1 Å². The van der Waals surface area contributed by atoms with Crippen LogP contribution in [0.1, 0.15) is 0 Å². The molecule has 1 nitrogen and oxygen atoms in total. The standard InChI is InChI=1S/C16H13OP/c1-3-7-14(8-4-1)18(16-11-12-17-13-16)15-9-5-2-6-10-15/h1-13H. The van der Waals surface area contributed by atoms with Crippen LogP contribution in [0.2, 0.25) is 0 Å². The largest absolute Gasteiger partial charge is 0.472 e. The van der Waals surface area contributed by atoms with Crippen molar-refractivity contribution < 1.29 is 4.42 Å². The van der Waals surface area contributed by atoms with Crippen LogP contribution in [-0.4, -0.2) is 0 Å². The molecule has 1 heterocycles.